The van der Waals surface area contributed by atoms with Gasteiger partial charge in [0.1, 0.15) is 67.0 Å². The van der Waals surface area contributed by atoms with Gasteiger partial charge in [-0.1, -0.05) is 113 Å². The van der Waals surface area contributed by atoms with Crippen molar-refractivity contribution >= 4 is 91.8 Å². The molecule has 11 atom stereocenters. The standard InChI is InChI=1S/C76H132N18O15S/c1-11-12-14-28-58-71(101)91-66(50(8)9)75(105)92-65(49(6)7)74(104)83-51(10)67(97)90-62(42-52-43-82-55-27-17-16-26-54(52)55)76(106)94-37-23-25-53(94)45-109-46-64(96)85-57(31-19-22-34-79)69(99)88-61(41-48(4)5)73(103)87-59(29-15-13-20-32-77)70(100)89-60(40-47(2)3)72(102)86-56(30-18-21-33-78)68(98)81-36-38-93(44-63(95)84-58)110(107,108)39-24-35-80/h16-17,26-27,43,47-51,53,56-62,65-66,82H,11-15,18-25,28-42,44-46,77-80H2,1-10H3,(H,81,98)(H,83,104)(H,84,95)(H,85,96)(H,86,102)(H,87,103)(H,88,99)(H,89,100)(H,90,97)(H,91,101)(H,92,105)/t51-,53+,56-,57-,58-,59-,60-,61-,62-,65-,66-/m0/s1. The number of carbonyl (C=O) groups excluding carboxylic acids is 12. The second kappa shape index (κ2) is 49.5. The lowest BCUT2D eigenvalue weighted by Crippen LogP contribution is -2.61. The van der Waals surface area contributed by atoms with Crippen molar-refractivity contribution in [3.63, 3.8) is 0 Å². The largest absolute Gasteiger partial charge is 0.370 e. The van der Waals surface area contributed by atoms with E-state index in [0.717, 1.165) is 21.6 Å². The van der Waals surface area contributed by atoms with Gasteiger partial charge >= 0.3 is 0 Å². The van der Waals surface area contributed by atoms with Crippen LogP contribution in [0.3, 0.4) is 0 Å². The fraction of sp³-hybridized carbons (Fsp3) is 0.737. The summed E-state index contributed by atoms with van der Waals surface area (Å²) in [6.07, 6.45) is 8.49. The van der Waals surface area contributed by atoms with Crippen molar-refractivity contribution in [1.29, 1.82) is 0 Å². The van der Waals surface area contributed by atoms with E-state index in [1.54, 1.807) is 38.8 Å². The highest BCUT2D eigenvalue weighted by atomic mass is 32.2. The molecule has 3 heterocycles. The van der Waals surface area contributed by atoms with Gasteiger partial charge in [0.25, 0.3) is 0 Å². The number of ether oxygens (including phenoxy) is 1. The lowest BCUT2D eigenvalue weighted by molar-refractivity contribution is -0.139. The van der Waals surface area contributed by atoms with E-state index in [1.807, 2.05) is 58.9 Å². The topological polar surface area (TPSA) is 507 Å². The number of amides is 12. The maximum absolute atomic E-state index is 15.0. The zero-order valence-corrected chi connectivity index (χ0v) is 67.5. The normalized spacial score (nSPS) is 24.6. The van der Waals surface area contributed by atoms with Crippen LogP contribution in [0.5, 0.6) is 0 Å². The molecule has 0 aliphatic carbocycles. The average molecular weight is 1570 g/mol. The molecule has 2 aliphatic rings. The molecule has 0 unspecified atom stereocenters. The molecule has 12 amide bonds. The summed E-state index contributed by atoms with van der Waals surface area (Å²) in [6.45, 7) is 16.3. The van der Waals surface area contributed by atoms with Crippen LogP contribution in [-0.2, 0) is 78.7 Å². The van der Waals surface area contributed by atoms with E-state index in [0.29, 0.717) is 82.7 Å². The van der Waals surface area contributed by atoms with Crippen molar-refractivity contribution < 1.29 is 70.7 Å². The Morgan fingerprint density at radius 3 is 1.51 bits per heavy atom. The summed E-state index contributed by atoms with van der Waals surface area (Å²) in [5.41, 5.74) is 24.8. The molecule has 20 N–H and O–H groups in total. The second-order valence-electron chi connectivity index (χ2n) is 30.7. The Balaban J connectivity index is 1.81. The monoisotopic (exact) mass is 1570 g/mol. The molecule has 2 aromatic rings. The Morgan fingerprint density at radius 2 is 0.964 bits per heavy atom. The van der Waals surface area contributed by atoms with Crippen LogP contribution in [0.2, 0.25) is 0 Å². The Hall–Kier alpha value is -7.89. The molecule has 0 radical (unpaired) electrons. The molecule has 2 fully saturated rings. The number of benzene rings is 1. The molecular weight excluding hydrogens is 1440 g/mol. The molecule has 110 heavy (non-hydrogen) atoms. The predicted molar refractivity (Wildman–Crippen MR) is 421 cm³/mol. The van der Waals surface area contributed by atoms with Crippen LogP contribution in [0, 0.1) is 23.7 Å². The van der Waals surface area contributed by atoms with E-state index in [-0.39, 0.29) is 103 Å². The Labute approximate surface area is 650 Å². The summed E-state index contributed by atoms with van der Waals surface area (Å²) in [5, 5.41) is 31.4. The first kappa shape index (κ1) is 94.5. The first-order valence-electron chi connectivity index (χ1n) is 39.8. The van der Waals surface area contributed by atoms with Crippen molar-refractivity contribution in [2.24, 2.45) is 46.6 Å². The number of hydrogen-bond donors (Lipinski definition) is 16. The first-order valence-corrected chi connectivity index (χ1v) is 41.4. The number of fused-ring (bicyclic) bond motifs is 2. The molecule has 33 nitrogen and oxygen atoms in total. The molecule has 0 bridgehead atoms. The highest BCUT2D eigenvalue weighted by molar-refractivity contribution is 7.89. The van der Waals surface area contributed by atoms with Crippen molar-refractivity contribution in [3.05, 3.63) is 36.0 Å². The minimum absolute atomic E-state index is 0.00711. The van der Waals surface area contributed by atoms with Gasteiger partial charge in [0.15, 0.2) is 0 Å². The first-order chi connectivity index (χ1) is 52.3. The number of rotatable bonds is 29. The van der Waals surface area contributed by atoms with Gasteiger partial charge in [-0.2, -0.15) is 4.31 Å². The van der Waals surface area contributed by atoms with Crippen molar-refractivity contribution in [3.8, 4) is 0 Å². The van der Waals surface area contributed by atoms with Crippen LogP contribution in [0.1, 0.15) is 197 Å². The van der Waals surface area contributed by atoms with E-state index in [1.165, 1.54) is 6.92 Å². The van der Waals surface area contributed by atoms with E-state index >= 15 is 4.79 Å². The number of nitrogens with zero attached hydrogens (tertiary/aromatic N) is 2. The van der Waals surface area contributed by atoms with Crippen LogP contribution in [0.25, 0.3) is 10.9 Å². The summed E-state index contributed by atoms with van der Waals surface area (Å²) in [7, 11) is -4.29. The second-order valence-corrected chi connectivity index (χ2v) is 32.8. The maximum Gasteiger partial charge on any atom is 0.246 e. The number of unbranched alkanes of at least 4 members (excludes halogenated alkanes) is 6. The number of para-hydroxylation sites is 1. The van der Waals surface area contributed by atoms with Crippen LogP contribution in [-0.4, -0.2) is 231 Å². The molecule has 1 aromatic carbocycles. The number of nitrogens with one attached hydrogen (secondary N) is 12. The minimum atomic E-state index is -4.29. The molecule has 34 heteroatoms. The van der Waals surface area contributed by atoms with Gasteiger partial charge in [-0.15, -0.1) is 0 Å². The van der Waals surface area contributed by atoms with Gasteiger partial charge in [-0.05, 0) is 158 Å². The number of H-pyrrole nitrogens is 1. The summed E-state index contributed by atoms with van der Waals surface area (Å²) < 4.78 is 35.0. The molecule has 0 saturated carbocycles. The highest BCUT2D eigenvalue weighted by Gasteiger charge is 2.40. The van der Waals surface area contributed by atoms with Crippen molar-refractivity contribution in [2.45, 2.75) is 264 Å². The minimum Gasteiger partial charge on any atom is -0.370 e. The van der Waals surface area contributed by atoms with Crippen molar-refractivity contribution in [2.75, 3.05) is 71.3 Å². The third-order valence-electron chi connectivity index (χ3n) is 19.6. The highest BCUT2D eigenvalue weighted by Crippen LogP contribution is 2.24. The zero-order chi connectivity index (χ0) is 81.6. The summed E-state index contributed by atoms with van der Waals surface area (Å²) in [6, 6.07) is -5.63. The molecule has 622 valence electrons. The maximum atomic E-state index is 15.0. The zero-order valence-electron chi connectivity index (χ0n) is 66.7. The number of aromatic nitrogens is 1. The quantitative estimate of drug-likeness (QED) is 0.0492. The van der Waals surface area contributed by atoms with E-state index in [9.17, 15) is 61.2 Å². The Morgan fingerprint density at radius 1 is 0.500 bits per heavy atom. The number of hydrogen-bond acceptors (Lipinski definition) is 19. The van der Waals surface area contributed by atoms with Gasteiger partial charge in [0.05, 0.1) is 24.9 Å². The number of aromatic amines is 1. The van der Waals surface area contributed by atoms with Crippen LogP contribution in [0.4, 0.5) is 0 Å². The summed E-state index contributed by atoms with van der Waals surface area (Å²) in [5.74, 6) is -10.7. The fourth-order valence-electron chi connectivity index (χ4n) is 13.3. The fourth-order valence-corrected chi connectivity index (χ4v) is 14.8. The number of carbonyl (C=O) groups is 12. The van der Waals surface area contributed by atoms with Crippen LogP contribution < -0.4 is 81.4 Å². The predicted octanol–water partition coefficient (Wildman–Crippen LogP) is 0.458. The van der Waals surface area contributed by atoms with Gasteiger partial charge < -0.3 is 96.0 Å². The van der Waals surface area contributed by atoms with Gasteiger partial charge in [0, 0.05) is 43.2 Å². The molecular formula is C76H132N18O15S. The molecule has 1 aromatic heterocycles. The SMILES string of the molecule is CCCCC[C@@H]1NC(=O)CN(S(=O)(=O)CCCN)CCNC(=O)[C@H](CCCCN)NC(=O)[C@H](CC(C)C)NC(=O)[C@H](CCCCCN)NC(=O)[C@H](CC(C)C)NC(=O)[C@H](CCCCN)NC(=O)COC[C@H]2CCCN2C(=O)[C@H](Cc2c[nH]c3ccccc23)NC(=O)[C@H](C)NC(=O)[C@H](C(C)C)NC(=O)[C@H](C(C)C)NC1=O. The van der Waals surface area contributed by atoms with Crippen LogP contribution >= 0.6 is 0 Å². The lowest BCUT2D eigenvalue weighted by Gasteiger charge is -2.31. The number of sulfonamides is 1. The van der Waals surface area contributed by atoms with Gasteiger partial charge in [0.2, 0.25) is 80.9 Å². The smallest absolute Gasteiger partial charge is 0.246 e. The van der Waals surface area contributed by atoms with Crippen molar-refractivity contribution in [1.82, 2.24) is 72.7 Å². The Kier molecular flexibility index (Phi) is 42.5. The van der Waals surface area contributed by atoms with Gasteiger partial charge in [-0.3, -0.25) is 57.5 Å². The lowest BCUT2D eigenvalue weighted by atomic mass is 9.98. The van der Waals surface area contributed by atoms with E-state index < -0.39 is 185 Å². The van der Waals surface area contributed by atoms with Gasteiger partial charge in [-0.25, -0.2) is 8.42 Å². The summed E-state index contributed by atoms with van der Waals surface area (Å²) >= 11 is 0. The number of nitrogens with two attached hydrogens (primary N) is 4. The molecule has 4 rings (SSSR count). The van der Waals surface area contributed by atoms with E-state index in [4.69, 9.17) is 27.7 Å². The third-order valence-corrected chi connectivity index (χ3v) is 21.5. The summed E-state index contributed by atoms with van der Waals surface area (Å²) in [4.78, 5) is 179. The molecule has 2 saturated heterocycles. The average Bonchev–Trinajstić information content (AvgIpc) is 1.64. The third kappa shape index (κ3) is 32.4. The Bertz CT molecular complexity index is 3390. The molecule has 0 spiro atoms. The van der Waals surface area contributed by atoms with Crippen LogP contribution in [0.15, 0.2) is 30.5 Å². The molecule has 2 aliphatic heterocycles. The van der Waals surface area contributed by atoms with E-state index in [2.05, 4.69) is 63.5 Å².